The summed E-state index contributed by atoms with van der Waals surface area (Å²) in [5, 5.41) is 9.36. The Kier molecular flexibility index (Phi) is 4.58. The van der Waals surface area contributed by atoms with Gasteiger partial charge >= 0.3 is 0 Å². The normalized spacial score (nSPS) is 21.0. The van der Waals surface area contributed by atoms with Crippen LogP contribution in [0.3, 0.4) is 0 Å². The van der Waals surface area contributed by atoms with E-state index in [9.17, 15) is 0 Å². The van der Waals surface area contributed by atoms with Gasteiger partial charge in [-0.2, -0.15) is 5.26 Å². The van der Waals surface area contributed by atoms with Crippen LogP contribution in [0.1, 0.15) is 48.7 Å². The summed E-state index contributed by atoms with van der Waals surface area (Å²) in [5.41, 5.74) is 1.68. The highest BCUT2D eigenvalue weighted by atomic mass is 35.5. The predicted octanol–water partition coefficient (Wildman–Crippen LogP) is 4.36. The molecule has 0 N–H and O–H groups in total. The Morgan fingerprint density at radius 2 is 2.04 bits per heavy atom. The molecule has 0 radical (unpaired) electrons. The number of aromatic nitrogens is 2. The van der Waals surface area contributed by atoms with Gasteiger partial charge in [-0.15, -0.1) is 0 Å². The van der Waals surface area contributed by atoms with E-state index in [-0.39, 0.29) is 6.10 Å². The van der Waals surface area contributed by atoms with E-state index < -0.39 is 0 Å². The number of ether oxygens (including phenoxy) is 1. The molecule has 0 saturated heterocycles. The first kappa shape index (κ1) is 15.9. The molecule has 5 heteroatoms. The second-order valence-corrected chi connectivity index (χ2v) is 6.57. The van der Waals surface area contributed by atoms with Gasteiger partial charge in [0.25, 0.3) is 0 Å². The lowest BCUT2D eigenvalue weighted by molar-refractivity contribution is 0.144. The number of aryl methyl sites for hydroxylation is 1. The fourth-order valence-corrected chi connectivity index (χ4v) is 3.40. The number of hydrogen-bond acceptors (Lipinski definition) is 3. The average molecular weight is 330 g/mol. The molecule has 1 aromatic carbocycles. The highest BCUT2D eigenvalue weighted by Gasteiger charge is 2.26. The Morgan fingerprint density at radius 1 is 1.30 bits per heavy atom. The monoisotopic (exact) mass is 329 g/mol. The molecule has 1 saturated carbocycles. The SMILES string of the molecule is Cc1cnc(C2CCC(Oc3ccc(C#N)c(Cl)c3)CC2)n1C. The first-order valence-corrected chi connectivity index (χ1v) is 8.30. The molecule has 23 heavy (non-hydrogen) atoms. The smallest absolute Gasteiger partial charge is 0.121 e. The van der Waals surface area contributed by atoms with Crippen LogP contribution in [-0.2, 0) is 7.05 Å². The van der Waals surface area contributed by atoms with E-state index in [1.54, 1.807) is 12.1 Å². The van der Waals surface area contributed by atoms with Gasteiger partial charge in [0.15, 0.2) is 0 Å². The molecular formula is C18H20ClN3O. The van der Waals surface area contributed by atoms with Gasteiger partial charge in [-0.1, -0.05) is 11.6 Å². The zero-order valence-electron chi connectivity index (χ0n) is 13.4. The summed E-state index contributed by atoms with van der Waals surface area (Å²) in [6.07, 6.45) is 6.33. The number of hydrogen-bond donors (Lipinski definition) is 0. The van der Waals surface area contributed by atoms with Crippen LogP contribution in [0, 0.1) is 18.3 Å². The maximum Gasteiger partial charge on any atom is 0.121 e. The van der Waals surface area contributed by atoms with Crippen LogP contribution in [0.2, 0.25) is 5.02 Å². The molecule has 0 aliphatic heterocycles. The zero-order chi connectivity index (χ0) is 16.4. The van der Waals surface area contributed by atoms with Crippen molar-refractivity contribution in [3.63, 3.8) is 0 Å². The van der Waals surface area contributed by atoms with Crippen molar-refractivity contribution in [2.45, 2.75) is 44.6 Å². The number of nitrogens with zero attached hydrogens (tertiary/aromatic N) is 3. The lowest BCUT2D eigenvalue weighted by Gasteiger charge is -2.28. The molecule has 2 aromatic rings. The number of rotatable bonds is 3. The van der Waals surface area contributed by atoms with Crippen molar-refractivity contribution in [2.75, 3.05) is 0 Å². The Bertz CT molecular complexity index is 739. The molecule has 0 bridgehead atoms. The largest absolute Gasteiger partial charge is 0.490 e. The third-order valence-electron chi connectivity index (χ3n) is 4.66. The number of imidazole rings is 1. The highest BCUT2D eigenvalue weighted by Crippen LogP contribution is 2.34. The van der Waals surface area contributed by atoms with Crippen molar-refractivity contribution in [1.82, 2.24) is 9.55 Å². The summed E-state index contributed by atoms with van der Waals surface area (Å²) in [7, 11) is 2.08. The molecule has 1 aliphatic rings. The van der Waals surface area contributed by atoms with Crippen LogP contribution in [0.5, 0.6) is 5.75 Å². The quantitative estimate of drug-likeness (QED) is 0.840. The van der Waals surface area contributed by atoms with Gasteiger partial charge in [0.05, 0.1) is 16.7 Å². The minimum absolute atomic E-state index is 0.205. The van der Waals surface area contributed by atoms with E-state index in [2.05, 4.69) is 29.6 Å². The standard InChI is InChI=1S/C18H20ClN3O/c1-12-11-21-18(22(12)2)13-3-6-15(7-4-13)23-16-8-5-14(10-20)17(19)9-16/h5,8-9,11,13,15H,3-4,6-7H2,1-2H3. The summed E-state index contributed by atoms with van der Waals surface area (Å²) < 4.78 is 8.22. The second-order valence-electron chi connectivity index (χ2n) is 6.16. The molecule has 0 amide bonds. The Hall–Kier alpha value is -1.99. The minimum Gasteiger partial charge on any atom is -0.490 e. The van der Waals surface area contributed by atoms with Crippen LogP contribution in [0.15, 0.2) is 24.4 Å². The lowest BCUT2D eigenvalue weighted by atomic mass is 9.86. The summed E-state index contributed by atoms with van der Waals surface area (Å²) in [6.45, 7) is 2.08. The molecule has 120 valence electrons. The number of nitriles is 1. The third-order valence-corrected chi connectivity index (χ3v) is 4.97. The summed E-state index contributed by atoms with van der Waals surface area (Å²) >= 11 is 6.06. The fraction of sp³-hybridized carbons (Fsp3) is 0.444. The Morgan fingerprint density at radius 3 is 2.61 bits per heavy atom. The van der Waals surface area contributed by atoms with Crippen LogP contribution in [0.25, 0.3) is 0 Å². The van der Waals surface area contributed by atoms with Gasteiger partial charge in [-0.05, 0) is 44.7 Å². The first-order valence-electron chi connectivity index (χ1n) is 7.93. The lowest BCUT2D eigenvalue weighted by Crippen LogP contribution is -2.24. The summed E-state index contributed by atoms with van der Waals surface area (Å²) in [5.74, 6) is 2.44. The van der Waals surface area contributed by atoms with Gasteiger partial charge in [0.1, 0.15) is 17.6 Å². The van der Waals surface area contributed by atoms with Crippen molar-refractivity contribution in [3.05, 3.63) is 46.5 Å². The van der Waals surface area contributed by atoms with Crippen molar-refractivity contribution in [2.24, 2.45) is 7.05 Å². The van der Waals surface area contributed by atoms with E-state index in [1.807, 2.05) is 12.3 Å². The van der Waals surface area contributed by atoms with E-state index in [4.69, 9.17) is 21.6 Å². The van der Waals surface area contributed by atoms with Crippen molar-refractivity contribution in [3.8, 4) is 11.8 Å². The van der Waals surface area contributed by atoms with Crippen LogP contribution < -0.4 is 4.74 Å². The number of halogens is 1. The first-order chi connectivity index (χ1) is 11.1. The third kappa shape index (κ3) is 3.35. The van der Waals surface area contributed by atoms with Crippen molar-refractivity contribution in [1.29, 1.82) is 5.26 Å². The molecule has 4 nitrogen and oxygen atoms in total. The number of benzene rings is 1. The van der Waals surface area contributed by atoms with E-state index in [0.717, 1.165) is 31.4 Å². The summed E-state index contributed by atoms with van der Waals surface area (Å²) in [6, 6.07) is 7.32. The molecule has 0 atom stereocenters. The van der Waals surface area contributed by atoms with Crippen LogP contribution in [0.4, 0.5) is 0 Å². The predicted molar refractivity (Wildman–Crippen MR) is 89.7 cm³/mol. The van der Waals surface area contributed by atoms with Gasteiger partial charge in [0.2, 0.25) is 0 Å². The topological polar surface area (TPSA) is 50.8 Å². The maximum atomic E-state index is 8.91. The second kappa shape index (κ2) is 6.64. The molecular weight excluding hydrogens is 310 g/mol. The minimum atomic E-state index is 0.205. The summed E-state index contributed by atoms with van der Waals surface area (Å²) in [4.78, 5) is 4.55. The van der Waals surface area contributed by atoms with Gasteiger partial charge in [-0.3, -0.25) is 0 Å². The van der Waals surface area contributed by atoms with Gasteiger partial charge in [0, 0.05) is 30.9 Å². The molecule has 0 unspecified atom stereocenters. The van der Waals surface area contributed by atoms with E-state index >= 15 is 0 Å². The van der Waals surface area contributed by atoms with E-state index in [1.165, 1.54) is 11.5 Å². The van der Waals surface area contributed by atoms with Crippen LogP contribution in [-0.4, -0.2) is 15.7 Å². The molecule has 1 aliphatic carbocycles. The Balaban J connectivity index is 1.60. The Labute approximate surface area is 141 Å². The molecule has 1 fully saturated rings. The highest BCUT2D eigenvalue weighted by molar-refractivity contribution is 6.31. The van der Waals surface area contributed by atoms with E-state index in [0.29, 0.717) is 16.5 Å². The maximum absolute atomic E-state index is 8.91. The average Bonchev–Trinajstić information content (AvgIpc) is 2.88. The fourth-order valence-electron chi connectivity index (χ4n) is 3.18. The van der Waals surface area contributed by atoms with Gasteiger partial charge < -0.3 is 9.30 Å². The van der Waals surface area contributed by atoms with Crippen molar-refractivity contribution >= 4 is 11.6 Å². The van der Waals surface area contributed by atoms with Gasteiger partial charge in [-0.25, -0.2) is 4.98 Å². The molecule has 3 rings (SSSR count). The van der Waals surface area contributed by atoms with Crippen molar-refractivity contribution < 1.29 is 4.74 Å². The molecule has 1 aromatic heterocycles. The molecule has 0 spiro atoms. The zero-order valence-corrected chi connectivity index (χ0v) is 14.2. The molecule has 1 heterocycles. The van der Waals surface area contributed by atoms with Crippen LogP contribution >= 0.6 is 11.6 Å².